The molecule has 3 heterocycles. The Morgan fingerprint density at radius 3 is 2.81 bits per heavy atom. The number of piperidine rings is 1. The lowest BCUT2D eigenvalue weighted by Gasteiger charge is -2.31. The van der Waals surface area contributed by atoms with Crippen molar-refractivity contribution in [1.82, 2.24) is 14.9 Å². The number of alkyl halides is 2. The summed E-state index contributed by atoms with van der Waals surface area (Å²) in [6, 6.07) is 1.78. The number of hydrogen-bond donors (Lipinski definition) is 1. The molecule has 6 nitrogen and oxygen atoms in total. The first kappa shape index (κ1) is 21.5. The molecule has 8 heteroatoms. The highest BCUT2D eigenvalue weighted by Crippen LogP contribution is 2.39. The van der Waals surface area contributed by atoms with E-state index in [1.807, 2.05) is 0 Å². The van der Waals surface area contributed by atoms with Gasteiger partial charge in [-0.3, -0.25) is 9.59 Å². The highest BCUT2D eigenvalue weighted by molar-refractivity contribution is 6.07. The van der Waals surface area contributed by atoms with Crippen molar-refractivity contribution in [3.05, 3.63) is 36.7 Å². The number of carbonyl (C=O) groups is 2. The number of ketones is 1. The van der Waals surface area contributed by atoms with E-state index in [4.69, 9.17) is 4.74 Å². The maximum Gasteiger partial charge on any atom is 0.248 e. The van der Waals surface area contributed by atoms with Crippen LogP contribution in [-0.4, -0.2) is 51.7 Å². The van der Waals surface area contributed by atoms with Gasteiger partial charge in [-0.15, -0.1) is 0 Å². The van der Waals surface area contributed by atoms with Crippen LogP contribution in [0, 0.1) is 5.92 Å². The van der Waals surface area contributed by atoms with Crippen molar-refractivity contribution in [2.75, 3.05) is 13.1 Å². The monoisotopic (exact) mass is 431 g/mol. The van der Waals surface area contributed by atoms with Crippen molar-refractivity contribution < 1.29 is 23.1 Å². The molecule has 0 spiro atoms. The fourth-order valence-electron chi connectivity index (χ4n) is 4.62. The zero-order valence-corrected chi connectivity index (χ0v) is 17.4. The summed E-state index contributed by atoms with van der Waals surface area (Å²) in [6.45, 7) is 4.72. The number of halogens is 2. The third kappa shape index (κ3) is 4.94. The van der Waals surface area contributed by atoms with Crippen LogP contribution in [-0.2, 0) is 4.79 Å². The summed E-state index contributed by atoms with van der Waals surface area (Å²) in [5.41, 5.74) is 1.03. The number of Topliss-reactive ketones (excluding diaryl/α,β-unsaturated/α-hetero) is 1. The normalized spacial score (nSPS) is 21.7. The van der Waals surface area contributed by atoms with Crippen LogP contribution in [0.1, 0.15) is 55.3 Å². The molecule has 2 aromatic heterocycles. The van der Waals surface area contributed by atoms with Gasteiger partial charge in [-0.25, -0.2) is 13.8 Å². The van der Waals surface area contributed by atoms with E-state index in [9.17, 15) is 18.4 Å². The van der Waals surface area contributed by atoms with Gasteiger partial charge in [0, 0.05) is 62.3 Å². The molecule has 2 fully saturated rings. The third-order valence-electron chi connectivity index (χ3n) is 6.25. The van der Waals surface area contributed by atoms with E-state index >= 15 is 0 Å². The van der Waals surface area contributed by atoms with Crippen LogP contribution in [0.4, 0.5) is 8.78 Å². The molecule has 1 saturated heterocycles. The second-order valence-electron chi connectivity index (χ2n) is 8.56. The molecule has 1 aliphatic heterocycles. The van der Waals surface area contributed by atoms with E-state index in [1.54, 1.807) is 23.4 Å². The molecule has 2 aromatic rings. The predicted molar refractivity (Wildman–Crippen MR) is 112 cm³/mol. The van der Waals surface area contributed by atoms with Gasteiger partial charge in [0.2, 0.25) is 11.8 Å². The van der Waals surface area contributed by atoms with Crippen molar-refractivity contribution >= 4 is 22.7 Å². The van der Waals surface area contributed by atoms with Crippen molar-refractivity contribution in [2.24, 2.45) is 5.92 Å². The maximum absolute atomic E-state index is 13.7. The van der Waals surface area contributed by atoms with E-state index in [2.05, 4.69) is 16.5 Å². The second-order valence-corrected chi connectivity index (χ2v) is 8.56. The third-order valence-corrected chi connectivity index (χ3v) is 6.25. The van der Waals surface area contributed by atoms with Gasteiger partial charge in [0.05, 0.1) is 6.20 Å². The van der Waals surface area contributed by atoms with Gasteiger partial charge < -0.3 is 14.6 Å². The molecule has 0 radical (unpaired) electrons. The van der Waals surface area contributed by atoms with Gasteiger partial charge in [0.15, 0.2) is 5.78 Å². The molecule has 0 aromatic carbocycles. The Bertz CT molecular complexity index is 980. The van der Waals surface area contributed by atoms with E-state index in [0.29, 0.717) is 61.1 Å². The number of aromatic nitrogens is 2. The number of rotatable bonds is 6. The lowest BCUT2D eigenvalue weighted by Crippen LogP contribution is -2.41. The Morgan fingerprint density at radius 2 is 2.10 bits per heavy atom. The zero-order valence-electron chi connectivity index (χ0n) is 17.4. The van der Waals surface area contributed by atoms with Crippen LogP contribution in [0.25, 0.3) is 11.0 Å². The fraction of sp³-hybridized carbons (Fsp3) is 0.522. The van der Waals surface area contributed by atoms with Gasteiger partial charge in [0.25, 0.3) is 0 Å². The molecular weight excluding hydrogens is 404 g/mol. The summed E-state index contributed by atoms with van der Waals surface area (Å²) >= 11 is 0. The maximum atomic E-state index is 13.7. The average molecular weight is 431 g/mol. The molecule has 1 amide bonds. The van der Waals surface area contributed by atoms with E-state index in [1.165, 1.54) is 6.08 Å². The molecular formula is C23H27F2N3O3. The van der Waals surface area contributed by atoms with Crippen LogP contribution in [0.5, 0.6) is 5.75 Å². The summed E-state index contributed by atoms with van der Waals surface area (Å²) in [5.74, 6) is -2.63. The second kappa shape index (κ2) is 8.77. The smallest absolute Gasteiger partial charge is 0.248 e. The Morgan fingerprint density at radius 1 is 1.32 bits per heavy atom. The number of H-pyrrole nitrogens is 1. The van der Waals surface area contributed by atoms with Crippen LogP contribution >= 0.6 is 0 Å². The molecule has 1 N–H and O–H groups in total. The Hall–Kier alpha value is -2.77. The summed E-state index contributed by atoms with van der Waals surface area (Å²) in [7, 11) is 0. The number of pyridine rings is 1. The van der Waals surface area contributed by atoms with Gasteiger partial charge in [-0.1, -0.05) is 6.58 Å². The van der Waals surface area contributed by atoms with E-state index in [-0.39, 0.29) is 43.0 Å². The summed E-state index contributed by atoms with van der Waals surface area (Å²) < 4.78 is 33.4. The molecule has 2 aliphatic rings. The number of aromatic amines is 1. The zero-order chi connectivity index (χ0) is 22.0. The molecule has 1 aliphatic carbocycles. The standard InChI is InChI=1S/C23H27F2N3O3/c1-2-21(30)28-8-5-16(6-9-28)31-17-11-18-19(14-27-22(18)26-13-17)20(29)10-15-4-3-7-23(24,25)12-15/h2,11,13-16H,1,3-10,12H2,(H,26,27). The molecule has 1 atom stereocenters. The average Bonchev–Trinajstić information content (AvgIpc) is 3.16. The van der Waals surface area contributed by atoms with Crippen molar-refractivity contribution in [3.63, 3.8) is 0 Å². The lowest BCUT2D eigenvalue weighted by molar-refractivity contribution is -0.127. The molecule has 166 valence electrons. The van der Waals surface area contributed by atoms with Crippen LogP contribution in [0.2, 0.25) is 0 Å². The quantitative estimate of drug-likeness (QED) is 0.539. The van der Waals surface area contributed by atoms with Crippen molar-refractivity contribution in [2.45, 2.75) is 57.0 Å². The Labute approximate surface area is 179 Å². The number of nitrogens with zero attached hydrogens (tertiary/aromatic N) is 2. The first-order valence-electron chi connectivity index (χ1n) is 10.8. The summed E-state index contributed by atoms with van der Waals surface area (Å²) in [5, 5.41) is 0.643. The number of ether oxygens (including phenoxy) is 1. The van der Waals surface area contributed by atoms with Crippen LogP contribution in [0.3, 0.4) is 0 Å². The fourth-order valence-corrected chi connectivity index (χ4v) is 4.62. The van der Waals surface area contributed by atoms with E-state index in [0.717, 1.165) is 0 Å². The minimum Gasteiger partial charge on any atom is -0.489 e. The van der Waals surface area contributed by atoms with Crippen molar-refractivity contribution in [3.8, 4) is 5.75 Å². The number of amides is 1. The minimum absolute atomic E-state index is 0.0457. The number of likely N-dealkylation sites (tertiary alicyclic amines) is 1. The summed E-state index contributed by atoms with van der Waals surface area (Å²) in [6.07, 6.45) is 6.80. The van der Waals surface area contributed by atoms with Gasteiger partial charge >= 0.3 is 0 Å². The Kier molecular flexibility index (Phi) is 6.07. The van der Waals surface area contributed by atoms with E-state index < -0.39 is 5.92 Å². The number of hydrogen-bond acceptors (Lipinski definition) is 4. The topological polar surface area (TPSA) is 75.3 Å². The first-order valence-corrected chi connectivity index (χ1v) is 10.8. The number of nitrogens with one attached hydrogen (secondary N) is 1. The first-order chi connectivity index (χ1) is 14.8. The molecule has 1 saturated carbocycles. The van der Waals surface area contributed by atoms with Crippen LogP contribution in [0.15, 0.2) is 31.1 Å². The summed E-state index contributed by atoms with van der Waals surface area (Å²) in [4.78, 5) is 33.6. The van der Waals surface area contributed by atoms with Crippen LogP contribution < -0.4 is 4.74 Å². The predicted octanol–water partition coefficient (Wildman–Crippen LogP) is 4.52. The van der Waals surface area contributed by atoms with Gasteiger partial charge in [-0.2, -0.15) is 0 Å². The molecule has 4 rings (SSSR count). The number of carbonyl (C=O) groups excluding carboxylic acids is 2. The highest BCUT2D eigenvalue weighted by atomic mass is 19.3. The molecule has 1 unspecified atom stereocenters. The largest absolute Gasteiger partial charge is 0.489 e. The molecule has 31 heavy (non-hydrogen) atoms. The van der Waals surface area contributed by atoms with Gasteiger partial charge in [-0.05, 0) is 30.9 Å². The van der Waals surface area contributed by atoms with Crippen molar-refractivity contribution in [1.29, 1.82) is 0 Å². The Balaban J connectivity index is 1.42. The lowest BCUT2D eigenvalue weighted by atomic mass is 9.82. The number of fused-ring (bicyclic) bond motifs is 1. The minimum atomic E-state index is -2.67. The van der Waals surface area contributed by atoms with Gasteiger partial charge in [0.1, 0.15) is 17.5 Å². The molecule has 0 bridgehead atoms. The highest BCUT2D eigenvalue weighted by Gasteiger charge is 2.37. The SMILES string of the molecule is C=CC(=O)N1CCC(Oc2cnc3[nH]cc(C(=O)CC4CCCC(F)(F)C4)c3c2)CC1.